The summed E-state index contributed by atoms with van der Waals surface area (Å²) in [6.45, 7) is 2.19. The van der Waals surface area contributed by atoms with Crippen LogP contribution in [0.3, 0.4) is 0 Å². The molecule has 0 saturated heterocycles. The second-order valence-corrected chi connectivity index (χ2v) is 4.89. The van der Waals surface area contributed by atoms with E-state index in [0.29, 0.717) is 12.3 Å². The summed E-state index contributed by atoms with van der Waals surface area (Å²) in [4.78, 5) is 12.4. The highest BCUT2D eigenvalue weighted by Gasteiger charge is 2.22. The summed E-state index contributed by atoms with van der Waals surface area (Å²) < 4.78 is 7.15. The Labute approximate surface area is 123 Å². The maximum atomic E-state index is 12.4. The molecule has 3 rings (SSSR count). The molecule has 1 aromatic heterocycles. The molecule has 3 aromatic rings. The van der Waals surface area contributed by atoms with Crippen LogP contribution < -0.4 is 0 Å². The van der Waals surface area contributed by atoms with Crippen LogP contribution in [0.4, 0.5) is 0 Å². The summed E-state index contributed by atoms with van der Waals surface area (Å²) in [6, 6.07) is 18.0. The molecule has 0 radical (unpaired) electrons. The quantitative estimate of drug-likeness (QED) is 0.678. The van der Waals surface area contributed by atoms with Gasteiger partial charge in [0.2, 0.25) is 0 Å². The second-order valence-electron chi connectivity index (χ2n) is 4.89. The van der Waals surface area contributed by atoms with E-state index in [4.69, 9.17) is 4.74 Å². The van der Waals surface area contributed by atoms with Crippen LogP contribution in [-0.2, 0) is 11.8 Å². The van der Waals surface area contributed by atoms with E-state index in [2.05, 4.69) is 0 Å². The lowest BCUT2D eigenvalue weighted by atomic mass is 10.0. The molecule has 0 unspecified atom stereocenters. The van der Waals surface area contributed by atoms with E-state index in [1.807, 2.05) is 73.1 Å². The molecule has 21 heavy (non-hydrogen) atoms. The monoisotopic (exact) mass is 279 g/mol. The fourth-order valence-corrected chi connectivity index (χ4v) is 2.73. The molecule has 1 heterocycles. The maximum Gasteiger partial charge on any atom is 0.355 e. The highest BCUT2D eigenvalue weighted by atomic mass is 16.5. The fraction of sp³-hybridized carbons (Fsp3) is 0.167. The van der Waals surface area contributed by atoms with Crippen molar-refractivity contribution in [3.05, 3.63) is 60.3 Å². The first kappa shape index (κ1) is 13.4. The molecular weight excluding hydrogens is 262 g/mol. The van der Waals surface area contributed by atoms with Gasteiger partial charge in [-0.05, 0) is 18.6 Å². The Kier molecular flexibility index (Phi) is 3.48. The van der Waals surface area contributed by atoms with Crippen molar-refractivity contribution in [3.8, 4) is 11.1 Å². The summed E-state index contributed by atoms with van der Waals surface area (Å²) in [5.41, 5.74) is 3.59. The largest absolute Gasteiger partial charge is 0.461 e. The molecule has 0 bridgehead atoms. The van der Waals surface area contributed by atoms with Crippen LogP contribution in [0, 0.1) is 0 Å². The molecule has 0 aliphatic carbocycles. The summed E-state index contributed by atoms with van der Waals surface area (Å²) in [5.74, 6) is -0.282. The van der Waals surface area contributed by atoms with E-state index in [1.165, 1.54) is 0 Å². The van der Waals surface area contributed by atoms with Crippen molar-refractivity contribution in [1.29, 1.82) is 0 Å². The number of esters is 1. The average molecular weight is 279 g/mol. The minimum Gasteiger partial charge on any atom is -0.461 e. The lowest BCUT2D eigenvalue weighted by Crippen LogP contribution is -2.11. The zero-order chi connectivity index (χ0) is 14.8. The van der Waals surface area contributed by atoms with Crippen LogP contribution in [0.15, 0.2) is 54.6 Å². The van der Waals surface area contributed by atoms with Gasteiger partial charge in [0.1, 0.15) is 5.69 Å². The van der Waals surface area contributed by atoms with Gasteiger partial charge < -0.3 is 9.30 Å². The molecule has 0 aliphatic heterocycles. The molecule has 0 aliphatic rings. The molecule has 2 aromatic carbocycles. The third kappa shape index (κ3) is 2.21. The molecule has 3 nitrogen and oxygen atoms in total. The molecule has 0 fully saturated rings. The maximum absolute atomic E-state index is 12.4. The Bertz CT molecular complexity index is 788. The van der Waals surface area contributed by atoms with Crippen molar-refractivity contribution in [2.75, 3.05) is 6.61 Å². The van der Waals surface area contributed by atoms with Crippen molar-refractivity contribution in [3.63, 3.8) is 0 Å². The first-order chi connectivity index (χ1) is 10.2. The number of benzene rings is 2. The van der Waals surface area contributed by atoms with Gasteiger partial charge in [-0.2, -0.15) is 0 Å². The molecule has 0 atom stereocenters. The van der Waals surface area contributed by atoms with Gasteiger partial charge in [0.15, 0.2) is 0 Å². The first-order valence-corrected chi connectivity index (χ1v) is 7.04. The number of rotatable bonds is 3. The Balaban J connectivity index is 2.35. The summed E-state index contributed by atoms with van der Waals surface area (Å²) >= 11 is 0. The predicted octanol–water partition coefficient (Wildman–Crippen LogP) is 4.02. The summed E-state index contributed by atoms with van der Waals surface area (Å²) in [5, 5.41) is 1.06. The van der Waals surface area contributed by atoms with E-state index in [1.54, 1.807) is 0 Å². The number of ether oxygens (including phenoxy) is 1. The van der Waals surface area contributed by atoms with Gasteiger partial charge in [0, 0.05) is 23.5 Å². The second kappa shape index (κ2) is 5.44. The Hall–Kier alpha value is -2.55. The minimum atomic E-state index is -0.282. The van der Waals surface area contributed by atoms with Gasteiger partial charge in [0.05, 0.1) is 6.61 Å². The van der Waals surface area contributed by atoms with Crippen LogP contribution in [0.5, 0.6) is 0 Å². The smallest absolute Gasteiger partial charge is 0.355 e. The van der Waals surface area contributed by atoms with Crippen LogP contribution in [0.25, 0.3) is 22.0 Å². The predicted molar refractivity (Wildman–Crippen MR) is 84.3 cm³/mol. The number of nitrogens with zero attached hydrogens (tertiary/aromatic N) is 1. The fourth-order valence-electron chi connectivity index (χ4n) is 2.73. The number of hydrogen-bond acceptors (Lipinski definition) is 2. The third-order valence-corrected chi connectivity index (χ3v) is 3.64. The summed E-state index contributed by atoms with van der Waals surface area (Å²) in [6.07, 6.45) is 0. The molecule has 0 saturated carbocycles. The van der Waals surface area contributed by atoms with Crippen molar-refractivity contribution in [2.24, 2.45) is 7.05 Å². The molecule has 106 valence electrons. The molecule has 0 N–H and O–H groups in total. The Morgan fingerprint density at radius 1 is 1.05 bits per heavy atom. The SMILES string of the molecule is CCOC(=O)c1c(-c2ccccc2)c2ccccc2n1C. The average Bonchev–Trinajstić information content (AvgIpc) is 2.82. The number of fused-ring (bicyclic) bond motifs is 1. The van der Waals surface area contributed by atoms with E-state index >= 15 is 0 Å². The van der Waals surface area contributed by atoms with Gasteiger partial charge >= 0.3 is 5.97 Å². The van der Waals surface area contributed by atoms with Crippen LogP contribution in [0.2, 0.25) is 0 Å². The minimum absolute atomic E-state index is 0.282. The van der Waals surface area contributed by atoms with Crippen molar-refractivity contribution < 1.29 is 9.53 Å². The van der Waals surface area contributed by atoms with Gasteiger partial charge in [-0.15, -0.1) is 0 Å². The lowest BCUT2D eigenvalue weighted by Gasteiger charge is -2.07. The number of aromatic nitrogens is 1. The summed E-state index contributed by atoms with van der Waals surface area (Å²) in [7, 11) is 1.90. The van der Waals surface area contributed by atoms with Gasteiger partial charge in [0.25, 0.3) is 0 Å². The number of carbonyl (C=O) groups excluding carboxylic acids is 1. The topological polar surface area (TPSA) is 31.2 Å². The number of hydrogen-bond donors (Lipinski definition) is 0. The van der Waals surface area contributed by atoms with E-state index < -0.39 is 0 Å². The molecule has 0 amide bonds. The molecular formula is C18H17NO2. The first-order valence-electron chi connectivity index (χ1n) is 7.04. The Morgan fingerprint density at radius 3 is 2.43 bits per heavy atom. The van der Waals surface area contributed by atoms with Crippen molar-refractivity contribution in [1.82, 2.24) is 4.57 Å². The van der Waals surface area contributed by atoms with Gasteiger partial charge in [-0.25, -0.2) is 4.79 Å². The van der Waals surface area contributed by atoms with E-state index in [9.17, 15) is 4.79 Å². The number of aryl methyl sites for hydroxylation is 1. The van der Waals surface area contributed by atoms with Crippen LogP contribution in [-0.4, -0.2) is 17.1 Å². The van der Waals surface area contributed by atoms with E-state index in [-0.39, 0.29) is 5.97 Å². The normalized spacial score (nSPS) is 10.8. The number of carbonyl (C=O) groups is 1. The Morgan fingerprint density at radius 2 is 1.71 bits per heavy atom. The third-order valence-electron chi connectivity index (χ3n) is 3.64. The van der Waals surface area contributed by atoms with E-state index in [0.717, 1.165) is 22.0 Å². The zero-order valence-electron chi connectivity index (χ0n) is 12.2. The van der Waals surface area contributed by atoms with Gasteiger partial charge in [-0.3, -0.25) is 0 Å². The highest BCUT2D eigenvalue weighted by molar-refractivity contribution is 6.08. The standard InChI is InChI=1S/C18H17NO2/c1-3-21-18(20)17-16(13-9-5-4-6-10-13)14-11-7-8-12-15(14)19(17)2/h4-12H,3H2,1-2H3. The lowest BCUT2D eigenvalue weighted by molar-refractivity contribution is 0.0517. The van der Waals surface area contributed by atoms with Crippen molar-refractivity contribution in [2.45, 2.75) is 6.92 Å². The number of para-hydroxylation sites is 1. The van der Waals surface area contributed by atoms with Gasteiger partial charge in [-0.1, -0.05) is 48.5 Å². The van der Waals surface area contributed by atoms with Crippen LogP contribution >= 0.6 is 0 Å². The van der Waals surface area contributed by atoms with Crippen LogP contribution in [0.1, 0.15) is 17.4 Å². The molecule has 3 heteroatoms. The molecule has 0 spiro atoms. The van der Waals surface area contributed by atoms with Crippen molar-refractivity contribution >= 4 is 16.9 Å². The highest BCUT2D eigenvalue weighted by Crippen LogP contribution is 2.34. The zero-order valence-corrected chi connectivity index (χ0v) is 12.2.